The summed E-state index contributed by atoms with van der Waals surface area (Å²) in [6.45, 7) is 0. The third-order valence-corrected chi connectivity index (χ3v) is 2.31. The molecule has 0 saturated heterocycles. The summed E-state index contributed by atoms with van der Waals surface area (Å²) in [5.74, 6) is 1.21. The number of isocyanates is 1. The van der Waals surface area contributed by atoms with Crippen molar-refractivity contribution in [1.82, 2.24) is 0 Å². The summed E-state index contributed by atoms with van der Waals surface area (Å²) in [5, 5.41) is 8.93. The molecule has 0 heterocycles. The van der Waals surface area contributed by atoms with Crippen LogP contribution in [0.3, 0.4) is 0 Å². The molecule has 6 nitrogen and oxygen atoms in total. The van der Waals surface area contributed by atoms with Crippen molar-refractivity contribution >= 4 is 6.08 Å². The van der Waals surface area contributed by atoms with Gasteiger partial charge in [-0.1, -0.05) is 0 Å². The van der Waals surface area contributed by atoms with Crippen LogP contribution in [0.2, 0.25) is 0 Å². The van der Waals surface area contributed by atoms with Crippen LogP contribution in [0.15, 0.2) is 17.1 Å². The van der Waals surface area contributed by atoms with E-state index in [1.54, 1.807) is 12.1 Å². The van der Waals surface area contributed by atoms with E-state index in [9.17, 15) is 4.79 Å². The Hall–Kier alpha value is -2.51. The lowest BCUT2D eigenvalue weighted by Crippen LogP contribution is -1.99. The van der Waals surface area contributed by atoms with Gasteiger partial charge < -0.3 is 14.2 Å². The van der Waals surface area contributed by atoms with Gasteiger partial charge in [0.2, 0.25) is 11.8 Å². The number of aliphatic imine (C=N–C) groups is 1. The van der Waals surface area contributed by atoms with Crippen LogP contribution in [0.25, 0.3) is 0 Å². The third kappa shape index (κ3) is 2.59. The lowest BCUT2D eigenvalue weighted by atomic mass is 10.1. The van der Waals surface area contributed by atoms with Gasteiger partial charge >= 0.3 is 0 Å². The first kappa shape index (κ1) is 13.6. The molecule has 0 spiro atoms. The quantitative estimate of drug-likeness (QED) is 0.584. The van der Waals surface area contributed by atoms with E-state index in [-0.39, 0.29) is 0 Å². The zero-order valence-electron chi connectivity index (χ0n) is 10.3. The largest absolute Gasteiger partial charge is 0.493 e. The number of nitriles is 1. The predicted molar refractivity (Wildman–Crippen MR) is 62.6 cm³/mol. The number of nitrogens with zero attached hydrogens (tertiary/aromatic N) is 2. The number of hydrogen-bond acceptors (Lipinski definition) is 6. The normalized spacial score (nSPS) is 10.8. The fourth-order valence-corrected chi connectivity index (χ4v) is 1.49. The minimum Gasteiger partial charge on any atom is -0.493 e. The second kappa shape index (κ2) is 6.28. The average Bonchev–Trinajstić information content (AvgIpc) is 2.42. The second-order valence-electron chi connectivity index (χ2n) is 3.21. The molecule has 0 N–H and O–H groups in total. The predicted octanol–water partition coefficient (Wildman–Crippen LogP) is 1.61. The zero-order chi connectivity index (χ0) is 13.5. The molecule has 0 aliphatic rings. The van der Waals surface area contributed by atoms with E-state index < -0.39 is 6.04 Å². The molecular weight excluding hydrogens is 236 g/mol. The van der Waals surface area contributed by atoms with Crippen LogP contribution in [0.1, 0.15) is 11.6 Å². The van der Waals surface area contributed by atoms with Crippen molar-refractivity contribution in [2.45, 2.75) is 6.04 Å². The SMILES string of the molecule is COc1cc(C(C#N)N=C=O)cc(OC)c1OC. The molecule has 1 aromatic carbocycles. The van der Waals surface area contributed by atoms with E-state index in [0.717, 1.165) is 0 Å². The number of ether oxygens (including phenoxy) is 3. The highest BCUT2D eigenvalue weighted by Gasteiger charge is 2.18. The van der Waals surface area contributed by atoms with Gasteiger partial charge in [0.25, 0.3) is 0 Å². The van der Waals surface area contributed by atoms with E-state index in [1.807, 2.05) is 6.07 Å². The Bertz CT molecular complexity index is 490. The van der Waals surface area contributed by atoms with Crippen LogP contribution < -0.4 is 14.2 Å². The van der Waals surface area contributed by atoms with Crippen molar-refractivity contribution in [3.05, 3.63) is 17.7 Å². The van der Waals surface area contributed by atoms with Gasteiger partial charge in [-0.3, -0.25) is 0 Å². The van der Waals surface area contributed by atoms with Crippen molar-refractivity contribution < 1.29 is 19.0 Å². The van der Waals surface area contributed by atoms with Crippen LogP contribution in [-0.4, -0.2) is 27.4 Å². The monoisotopic (exact) mass is 248 g/mol. The third-order valence-electron chi connectivity index (χ3n) is 2.31. The van der Waals surface area contributed by atoms with E-state index in [1.165, 1.54) is 27.4 Å². The van der Waals surface area contributed by atoms with Crippen molar-refractivity contribution in [2.24, 2.45) is 4.99 Å². The topological polar surface area (TPSA) is 80.9 Å². The van der Waals surface area contributed by atoms with Gasteiger partial charge in [-0.25, -0.2) is 4.79 Å². The standard InChI is InChI=1S/C12H12N2O4/c1-16-10-4-8(9(6-13)14-7-15)5-11(17-2)12(10)18-3/h4-5,9H,1-3H3. The summed E-state index contributed by atoms with van der Waals surface area (Å²) in [6.07, 6.45) is 1.36. The Morgan fingerprint density at radius 2 is 1.72 bits per heavy atom. The highest BCUT2D eigenvalue weighted by atomic mass is 16.5. The molecule has 94 valence electrons. The van der Waals surface area contributed by atoms with Crippen molar-refractivity contribution in [2.75, 3.05) is 21.3 Å². The molecule has 0 aliphatic carbocycles. The number of carbonyl (C=O) groups excluding carboxylic acids is 1. The van der Waals surface area contributed by atoms with Gasteiger partial charge in [0.15, 0.2) is 17.5 Å². The minimum atomic E-state index is -0.948. The first-order valence-corrected chi connectivity index (χ1v) is 4.98. The van der Waals surface area contributed by atoms with Gasteiger partial charge in [0, 0.05) is 0 Å². The maximum Gasteiger partial charge on any atom is 0.236 e. The maximum atomic E-state index is 10.2. The van der Waals surface area contributed by atoms with Crippen LogP contribution >= 0.6 is 0 Å². The van der Waals surface area contributed by atoms with E-state index in [2.05, 4.69) is 4.99 Å². The molecule has 18 heavy (non-hydrogen) atoms. The molecule has 1 aromatic rings. The number of rotatable bonds is 5. The highest BCUT2D eigenvalue weighted by molar-refractivity contribution is 5.55. The summed E-state index contributed by atoms with van der Waals surface area (Å²) in [5.41, 5.74) is 0.468. The van der Waals surface area contributed by atoms with E-state index in [0.29, 0.717) is 22.8 Å². The van der Waals surface area contributed by atoms with Crippen LogP contribution in [0, 0.1) is 11.3 Å². The number of hydrogen-bond donors (Lipinski definition) is 0. The number of methoxy groups -OCH3 is 3. The minimum absolute atomic E-state index is 0.396. The van der Waals surface area contributed by atoms with E-state index >= 15 is 0 Å². The molecular formula is C12H12N2O4. The molecule has 0 amide bonds. The molecule has 1 atom stereocenters. The zero-order valence-corrected chi connectivity index (χ0v) is 10.3. The molecule has 0 aromatic heterocycles. The summed E-state index contributed by atoms with van der Waals surface area (Å²) in [4.78, 5) is 13.7. The summed E-state index contributed by atoms with van der Waals surface area (Å²) >= 11 is 0. The Labute approximate surface area is 104 Å². The van der Waals surface area contributed by atoms with Crippen molar-refractivity contribution in [1.29, 1.82) is 5.26 Å². The van der Waals surface area contributed by atoms with E-state index in [4.69, 9.17) is 19.5 Å². The van der Waals surface area contributed by atoms with Gasteiger partial charge in [-0.2, -0.15) is 10.3 Å². The Kier molecular flexibility index (Phi) is 4.73. The summed E-state index contributed by atoms with van der Waals surface area (Å²) in [7, 11) is 4.41. The van der Waals surface area contributed by atoms with Crippen LogP contribution in [-0.2, 0) is 4.79 Å². The smallest absolute Gasteiger partial charge is 0.236 e. The maximum absolute atomic E-state index is 10.2. The molecule has 0 aliphatic heterocycles. The molecule has 0 fully saturated rings. The summed E-state index contributed by atoms with van der Waals surface area (Å²) in [6, 6.07) is 4.06. The molecule has 0 saturated carbocycles. The number of benzene rings is 1. The first-order chi connectivity index (χ1) is 8.71. The highest BCUT2D eigenvalue weighted by Crippen LogP contribution is 2.40. The fraction of sp³-hybridized carbons (Fsp3) is 0.333. The van der Waals surface area contributed by atoms with Crippen LogP contribution in [0.5, 0.6) is 17.2 Å². The lowest BCUT2D eigenvalue weighted by Gasteiger charge is -2.14. The Morgan fingerprint density at radius 3 is 2.06 bits per heavy atom. The second-order valence-corrected chi connectivity index (χ2v) is 3.21. The Morgan fingerprint density at radius 1 is 1.17 bits per heavy atom. The summed E-state index contributed by atoms with van der Waals surface area (Å²) < 4.78 is 15.4. The fourth-order valence-electron chi connectivity index (χ4n) is 1.49. The van der Waals surface area contributed by atoms with Gasteiger partial charge in [-0.15, -0.1) is 0 Å². The molecule has 1 unspecified atom stereocenters. The molecule has 1 rings (SSSR count). The van der Waals surface area contributed by atoms with Gasteiger partial charge in [-0.05, 0) is 17.7 Å². The lowest BCUT2D eigenvalue weighted by molar-refractivity contribution is 0.323. The van der Waals surface area contributed by atoms with Crippen LogP contribution in [0.4, 0.5) is 0 Å². The van der Waals surface area contributed by atoms with Crippen molar-refractivity contribution in [3.63, 3.8) is 0 Å². The molecule has 0 radical (unpaired) electrons. The molecule has 6 heteroatoms. The van der Waals surface area contributed by atoms with Crippen molar-refractivity contribution in [3.8, 4) is 23.3 Å². The molecule has 0 bridgehead atoms. The van der Waals surface area contributed by atoms with Gasteiger partial charge in [0.05, 0.1) is 27.4 Å². The van der Waals surface area contributed by atoms with Gasteiger partial charge in [0.1, 0.15) is 0 Å². The Balaban J connectivity index is 3.39. The average molecular weight is 248 g/mol. The first-order valence-electron chi connectivity index (χ1n) is 4.98.